The molecule has 0 fully saturated rings. The second-order valence-electron chi connectivity index (χ2n) is 31.5. The highest BCUT2D eigenvalue weighted by Gasteiger charge is 2.91. The lowest BCUT2D eigenvalue weighted by Crippen LogP contribution is -2.69. The summed E-state index contributed by atoms with van der Waals surface area (Å²) in [6.45, 7) is -3.29. The van der Waals surface area contributed by atoms with Crippen LogP contribution in [-0.2, 0) is 38.6 Å². The van der Waals surface area contributed by atoms with Crippen LogP contribution in [0.1, 0.15) is 61.4 Å². The van der Waals surface area contributed by atoms with Crippen molar-refractivity contribution in [2.24, 2.45) is 0 Å². The number of aromatic nitrogens is 4. The van der Waals surface area contributed by atoms with Crippen molar-refractivity contribution in [3.63, 3.8) is 0 Å². The molecular weight excluding hydrogens is 2120 g/mol. The Morgan fingerprint density at radius 3 is 1.05 bits per heavy atom. The lowest BCUT2D eigenvalue weighted by atomic mass is 9.50. The van der Waals surface area contributed by atoms with E-state index in [9.17, 15) is 169 Å². The van der Waals surface area contributed by atoms with Gasteiger partial charge in [0.15, 0.2) is 0 Å². The second-order valence-corrected chi connectivity index (χ2v) is 36.2. The van der Waals surface area contributed by atoms with Gasteiger partial charge in [0, 0.05) is 58.4 Å². The van der Waals surface area contributed by atoms with E-state index in [1.54, 1.807) is 164 Å². The molecule has 0 aliphatic heterocycles. The highest BCUT2D eigenvalue weighted by Crippen LogP contribution is 2.63. The fourth-order valence-electron chi connectivity index (χ4n) is 14.7. The molecule has 4 aromatic heterocycles. The van der Waals surface area contributed by atoms with E-state index in [0.717, 1.165) is 27.4 Å². The average molecular weight is 2190 g/mol. The number of fused-ring (bicyclic) bond motifs is 3. The zero-order valence-electron chi connectivity index (χ0n) is 73.0. The first-order valence-corrected chi connectivity index (χ1v) is 45.2. The maximum atomic E-state index is 15.1. The molecule has 0 bridgehead atoms. The summed E-state index contributed by atoms with van der Waals surface area (Å²) in [4.78, 5) is 35.9. The maximum absolute atomic E-state index is 15.1. The minimum atomic E-state index is -8.62. The zero-order chi connectivity index (χ0) is 108. The van der Waals surface area contributed by atoms with Crippen molar-refractivity contribution >= 4 is 146 Å². The van der Waals surface area contributed by atoms with Gasteiger partial charge in [-0.25, -0.2) is 24.2 Å². The van der Waals surface area contributed by atoms with Crippen LogP contribution in [0.3, 0.4) is 0 Å². The SMILES string of the molecule is COc1ccc2sc(/C(C#N)=c3/c4c(=C5C=CC(OCCCCC(=O)NS(=O)(=O)C(F)(F)C(F)(F)C(F)(F)C(F)(F)OC(F)(F)C(F)(F)C(F)(F)C(F)(F)F)=CC5)n(B(c5ccccc5)c5ccccc5)/c(=C(/C#N)c5nc6cc(OC)ccc6s5)c4c(=C4C=CC(OCCCCC(=O)NSC(F)(F)C(F)(F)C(F)(F)C(F)(F)OC(F)(F)C(F)(F)C(F)(F)C(F)(F)F)=CC4)n3B(c3ccccc3)c3ccccc3)nc2c1. The Morgan fingerprint density at radius 2 is 0.747 bits per heavy atom. The summed E-state index contributed by atoms with van der Waals surface area (Å²) in [6, 6.07) is 49.4. The van der Waals surface area contributed by atoms with Crippen LogP contribution >= 0.6 is 34.6 Å². The van der Waals surface area contributed by atoms with Crippen LogP contribution in [0.2, 0.25) is 0 Å². The molecule has 2 aliphatic carbocycles. The highest BCUT2D eigenvalue weighted by atomic mass is 32.2. The van der Waals surface area contributed by atoms with Crippen LogP contribution in [0.5, 0.6) is 11.5 Å². The molecule has 12 rings (SSSR count). The standard InChI is InChI=1S/C88H60B2F34N8O10S4/c1-137-55-37-39-61-59(43-55)127-71(143-61)57(45-125)69-65-66(68(132(69)90(51-23-11-5-12-24-51)52-25-13-6-14-26-52)48-31-35-54(36-32-48)140-42-18-16-28-64(134)130-146(135,136)88(123,124)80(105,106)78(101,102)86(119,120)142-84(115,116)76(97,98)74(93,94)82(110,111)112)70(58(46-126)72-128-60-44-56(138-2)38-40-62(60)144-72)131(89(49-19-7-3-8-20-49)50-21-9-4-10-22-50)67(65)47-29-33-53(34-30-47)139-41-17-15-27-63(133)129-145-87(121,122)79(103,104)77(99,100)85(117,118)141-83(113,114)75(95,96)73(91,92)81(107,108)109/h3-14,19-26,29,31,33-40,43-44H,15-18,27-28,30,32,41-42H2,1-2H3,(H,129,133)(H,130,134)/b67-47?,68-48?,69-57-,70-58-. The number of nitrogens with zero attached hydrogens (tertiary/aromatic N) is 6. The fraction of sp³-hybridized carbons (Fsp3) is 0.318. The van der Waals surface area contributed by atoms with Crippen molar-refractivity contribution in [3.8, 4) is 23.6 Å². The van der Waals surface area contributed by atoms with Gasteiger partial charge in [-0.05, 0) is 98.2 Å². The number of carbonyl (C=O) groups is 2. The molecule has 0 atom stereocenters. The van der Waals surface area contributed by atoms with Crippen molar-refractivity contribution in [3.05, 3.63) is 237 Å². The molecular formula is C88H60B2F34N8O10S4. The lowest BCUT2D eigenvalue weighted by Gasteiger charge is -2.39. The van der Waals surface area contributed by atoms with Gasteiger partial charge in [0.25, 0.3) is 0 Å². The number of nitrogens with one attached hydrogen (secondary N) is 2. The van der Waals surface area contributed by atoms with Gasteiger partial charge in [-0.3, -0.25) is 14.3 Å². The highest BCUT2D eigenvalue weighted by molar-refractivity contribution is 7.99. The summed E-state index contributed by atoms with van der Waals surface area (Å²) in [5.41, 5.74) is 3.01. The summed E-state index contributed by atoms with van der Waals surface area (Å²) < 4.78 is 532. The van der Waals surface area contributed by atoms with Crippen molar-refractivity contribution in [1.29, 1.82) is 10.5 Å². The third kappa shape index (κ3) is 20.6. The number of unbranched alkanes of at least 4 members (excludes halogenated alkanes) is 2. The third-order valence-electron chi connectivity index (χ3n) is 22.0. The van der Waals surface area contributed by atoms with Gasteiger partial charge in [-0.1, -0.05) is 155 Å². The van der Waals surface area contributed by atoms with Crippen molar-refractivity contribution in [2.45, 2.75) is 146 Å². The molecule has 6 aromatic carbocycles. The molecule has 4 heterocycles. The molecule has 58 heteroatoms. The number of methoxy groups -OCH3 is 2. The van der Waals surface area contributed by atoms with E-state index < -0.39 is 187 Å². The number of halogens is 34. The summed E-state index contributed by atoms with van der Waals surface area (Å²) >= 11 is 0.0124. The smallest absolute Gasteiger partial charge is 0.460 e. The molecule has 2 aliphatic rings. The van der Waals surface area contributed by atoms with E-state index >= 15 is 8.78 Å². The number of hydrogen-bond donors (Lipinski definition) is 2. The van der Waals surface area contributed by atoms with Gasteiger partial charge in [0.2, 0.25) is 11.8 Å². The predicted molar refractivity (Wildman–Crippen MR) is 460 cm³/mol. The third-order valence-corrected chi connectivity index (χ3v) is 26.4. The first-order valence-electron chi connectivity index (χ1n) is 41.2. The van der Waals surface area contributed by atoms with Crippen LogP contribution in [0.15, 0.2) is 206 Å². The molecule has 146 heavy (non-hydrogen) atoms. The summed E-state index contributed by atoms with van der Waals surface area (Å²) in [6.07, 6.45) is -45.1. The molecule has 2 N–H and O–H groups in total. The minimum absolute atomic E-state index is 0.00826. The van der Waals surface area contributed by atoms with Gasteiger partial charge in [0.05, 0.1) is 58.6 Å². The Labute approximate surface area is 810 Å². The quantitative estimate of drug-likeness (QED) is 0.0157. The summed E-state index contributed by atoms with van der Waals surface area (Å²) in [5, 5.41) is 11.4. The van der Waals surface area contributed by atoms with E-state index in [4.69, 9.17) is 28.9 Å². The van der Waals surface area contributed by atoms with E-state index in [1.807, 2.05) is 8.96 Å². The summed E-state index contributed by atoms with van der Waals surface area (Å²) in [5.74, 6) is -69.9. The van der Waals surface area contributed by atoms with Crippen LogP contribution in [0.25, 0.3) is 53.5 Å². The predicted octanol–water partition coefficient (Wildman–Crippen LogP) is 18.8. The van der Waals surface area contributed by atoms with Crippen LogP contribution < -0.4 is 62.2 Å². The number of allylic oxidation sites excluding steroid dienone is 6. The molecule has 0 saturated heterocycles. The summed E-state index contributed by atoms with van der Waals surface area (Å²) in [7, 11) is -5.14. The molecule has 0 saturated carbocycles. The monoisotopic (exact) mass is 2180 g/mol. The van der Waals surface area contributed by atoms with Crippen molar-refractivity contribution in [2.75, 3.05) is 27.4 Å². The molecule has 18 nitrogen and oxygen atoms in total. The van der Waals surface area contributed by atoms with Gasteiger partial charge in [0.1, 0.15) is 56.3 Å². The van der Waals surface area contributed by atoms with E-state index in [2.05, 4.69) is 12.1 Å². The number of sulfonamides is 1. The second kappa shape index (κ2) is 40.9. The zero-order valence-corrected chi connectivity index (χ0v) is 76.2. The van der Waals surface area contributed by atoms with Gasteiger partial charge >= 0.3 is 118 Å². The number of thiazole rings is 2. The molecule has 2 amide bonds. The number of rotatable bonds is 40. The van der Waals surface area contributed by atoms with E-state index in [1.165, 1.54) is 54.1 Å². The largest absolute Gasteiger partial charge is 0.497 e. The normalized spacial score (nSPS) is 15.7. The van der Waals surface area contributed by atoms with E-state index in [-0.39, 0.29) is 88.8 Å². The van der Waals surface area contributed by atoms with Crippen LogP contribution in [-0.4, -0.2) is 175 Å². The Morgan fingerprint density at radius 1 is 0.425 bits per heavy atom. The van der Waals surface area contributed by atoms with Crippen LogP contribution in [0.4, 0.5) is 149 Å². The minimum Gasteiger partial charge on any atom is -0.497 e. The Bertz CT molecular complexity index is 7030. The number of benzene rings is 6. The average Bonchev–Trinajstić information content (AvgIpc) is 1.52. The van der Waals surface area contributed by atoms with Crippen LogP contribution in [0, 0.1) is 22.7 Å². The maximum Gasteiger partial charge on any atom is 0.460 e. The Kier molecular flexibility index (Phi) is 31.5. The molecule has 0 spiro atoms. The number of ether oxygens (including phenoxy) is 6. The van der Waals surface area contributed by atoms with Gasteiger partial charge in [-0.2, -0.15) is 168 Å². The van der Waals surface area contributed by atoms with Gasteiger partial charge < -0.3 is 27.9 Å². The Balaban J connectivity index is 0.974. The number of carbonyl (C=O) groups excluding carboxylic acids is 2. The van der Waals surface area contributed by atoms with Crippen molar-refractivity contribution < 1.29 is 196 Å². The molecule has 780 valence electrons. The van der Waals surface area contributed by atoms with Gasteiger partial charge in [-0.15, -0.1) is 22.7 Å². The Hall–Kier alpha value is -12.6. The van der Waals surface area contributed by atoms with E-state index in [0.29, 0.717) is 64.9 Å². The molecule has 0 radical (unpaired) electrons. The molecule has 0 unspecified atom stereocenters. The van der Waals surface area contributed by atoms with Crippen molar-refractivity contribution in [1.82, 2.24) is 28.4 Å². The number of alkyl halides is 34. The fourth-order valence-corrected chi connectivity index (χ4v) is 18.2. The molecule has 10 aromatic rings. The number of hydrogen-bond acceptors (Lipinski definition) is 17. The lowest BCUT2D eigenvalue weighted by molar-refractivity contribution is -0.517. The topological polar surface area (TPSA) is 231 Å². The number of nitriles is 2. The first kappa shape index (κ1) is 112. The first-order chi connectivity index (χ1) is 67.7. The number of amides is 2.